The van der Waals surface area contributed by atoms with Crippen LogP contribution in [0.25, 0.3) is 10.2 Å². The zero-order valence-electron chi connectivity index (χ0n) is 14.9. The number of fused-ring (bicyclic) bond motifs is 1. The molecule has 9 heteroatoms. The molecule has 0 bridgehead atoms. The first-order valence-corrected chi connectivity index (χ1v) is 9.37. The number of anilines is 2. The number of aliphatic imine (C=N–C) groups is 1. The van der Waals surface area contributed by atoms with E-state index in [1.54, 1.807) is 31.4 Å². The Labute approximate surface area is 164 Å². The number of hydrogen-bond donors (Lipinski definition) is 3. The molecular weight excluding hydrogens is 378 g/mol. The van der Waals surface area contributed by atoms with E-state index in [4.69, 9.17) is 4.74 Å². The Kier molecular flexibility index (Phi) is 4.90. The van der Waals surface area contributed by atoms with E-state index >= 15 is 0 Å². The number of nitrogens with zero attached hydrogens (tertiary/aromatic N) is 2. The van der Waals surface area contributed by atoms with Gasteiger partial charge in [0.15, 0.2) is 5.13 Å². The van der Waals surface area contributed by atoms with Gasteiger partial charge in [0.25, 0.3) is 0 Å². The number of benzene rings is 2. The van der Waals surface area contributed by atoms with E-state index in [-0.39, 0.29) is 24.2 Å². The van der Waals surface area contributed by atoms with Crippen molar-refractivity contribution in [3.8, 4) is 5.75 Å². The van der Waals surface area contributed by atoms with Crippen LogP contribution in [0.15, 0.2) is 53.5 Å². The van der Waals surface area contributed by atoms with Crippen LogP contribution in [-0.2, 0) is 9.59 Å². The Balaban J connectivity index is 1.50. The summed E-state index contributed by atoms with van der Waals surface area (Å²) in [6.45, 7) is 0. The van der Waals surface area contributed by atoms with Crippen molar-refractivity contribution in [1.82, 2.24) is 10.3 Å². The third-order valence-electron chi connectivity index (χ3n) is 4.08. The SMILES string of the molecule is COc1cccc(NC(=O)C2CC(=O)NC(Nc3nc4ccccc4s3)=N2)c1. The Morgan fingerprint density at radius 1 is 1.25 bits per heavy atom. The Bertz CT molecular complexity index is 1050. The van der Waals surface area contributed by atoms with Crippen molar-refractivity contribution in [3.63, 3.8) is 0 Å². The number of thiazole rings is 1. The first-order valence-electron chi connectivity index (χ1n) is 8.56. The second-order valence-electron chi connectivity index (χ2n) is 6.08. The highest BCUT2D eigenvalue weighted by Crippen LogP contribution is 2.25. The lowest BCUT2D eigenvalue weighted by molar-refractivity contribution is -0.124. The summed E-state index contributed by atoms with van der Waals surface area (Å²) in [6, 6.07) is 13.9. The summed E-state index contributed by atoms with van der Waals surface area (Å²) in [7, 11) is 1.55. The van der Waals surface area contributed by atoms with Crippen LogP contribution in [0.3, 0.4) is 0 Å². The zero-order valence-corrected chi connectivity index (χ0v) is 15.7. The van der Waals surface area contributed by atoms with E-state index in [1.807, 2.05) is 24.3 Å². The molecule has 142 valence electrons. The van der Waals surface area contributed by atoms with Gasteiger partial charge in [-0.2, -0.15) is 0 Å². The fraction of sp³-hybridized carbons (Fsp3) is 0.158. The maximum atomic E-state index is 12.6. The van der Waals surface area contributed by atoms with Gasteiger partial charge in [0.05, 0.1) is 23.7 Å². The van der Waals surface area contributed by atoms with E-state index in [1.165, 1.54) is 11.3 Å². The molecular formula is C19H17N5O3S. The van der Waals surface area contributed by atoms with Crippen LogP contribution in [0, 0.1) is 0 Å². The van der Waals surface area contributed by atoms with Gasteiger partial charge in [0, 0.05) is 11.8 Å². The molecule has 1 aliphatic heterocycles. The van der Waals surface area contributed by atoms with Crippen molar-refractivity contribution in [3.05, 3.63) is 48.5 Å². The van der Waals surface area contributed by atoms with Gasteiger partial charge >= 0.3 is 0 Å². The molecule has 2 heterocycles. The topological polar surface area (TPSA) is 105 Å². The maximum absolute atomic E-state index is 12.6. The molecule has 2 amide bonds. The number of methoxy groups -OCH3 is 1. The average molecular weight is 395 g/mol. The molecule has 0 saturated heterocycles. The number of rotatable bonds is 4. The summed E-state index contributed by atoms with van der Waals surface area (Å²) in [5.74, 6) is 0.179. The van der Waals surface area contributed by atoms with Crippen LogP contribution in [-0.4, -0.2) is 35.9 Å². The molecule has 1 atom stereocenters. The highest BCUT2D eigenvalue weighted by atomic mass is 32.1. The summed E-state index contributed by atoms with van der Waals surface area (Å²) >= 11 is 1.44. The number of hydrogen-bond acceptors (Lipinski definition) is 7. The van der Waals surface area contributed by atoms with E-state index in [9.17, 15) is 9.59 Å². The van der Waals surface area contributed by atoms with Crippen LogP contribution in [0.2, 0.25) is 0 Å². The molecule has 0 spiro atoms. The summed E-state index contributed by atoms with van der Waals surface area (Å²) in [5.41, 5.74) is 1.43. The van der Waals surface area contributed by atoms with Gasteiger partial charge in [-0.1, -0.05) is 29.5 Å². The third kappa shape index (κ3) is 3.94. The molecule has 1 aliphatic rings. The Morgan fingerprint density at radius 2 is 2.11 bits per heavy atom. The minimum absolute atomic E-state index is 0.0270. The molecule has 1 aromatic heterocycles. The fourth-order valence-corrected chi connectivity index (χ4v) is 3.63. The number of nitrogens with one attached hydrogen (secondary N) is 3. The molecule has 1 unspecified atom stereocenters. The monoisotopic (exact) mass is 395 g/mol. The van der Waals surface area contributed by atoms with Crippen LogP contribution in [0.4, 0.5) is 10.8 Å². The Hall–Kier alpha value is -3.46. The third-order valence-corrected chi connectivity index (χ3v) is 5.03. The summed E-state index contributed by atoms with van der Waals surface area (Å²) in [5, 5.41) is 8.99. The van der Waals surface area contributed by atoms with E-state index in [0.717, 1.165) is 10.2 Å². The van der Waals surface area contributed by atoms with Gasteiger partial charge in [0.1, 0.15) is 11.8 Å². The molecule has 3 N–H and O–H groups in total. The van der Waals surface area contributed by atoms with Crippen molar-refractivity contribution in [2.24, 2.45) is 4.99 Å². The van der Waals surface area contributed by atoms with Gasteiger partial charge in [0.2, 0.25) is 17.8 Å². The van der Waals surface area contributed by atoms with Gasteiger partial charge < -0.3 is 15.4 Å². The lowest BCUT2D eigenvalue weighted by Crippen LogP contribution is -2.45. The summed E-state index contributed by atoms with van der Waals surface area (Å²) in [6.07, 6.45) is -0.0270. The summed E-state index contributed by atoms with van der Waals surface area (Å²) < 4.78 is 6.16. The standard InChI is InChI=1S/C19H17N5O3S/c1-27-12-6-4-5-11(9-12)20-17(26)14-10-16(25)23-18(21-14)24-19-22-13-7-2-3-8-15(13)28-19/h2-9,14H,10H2,1H3,(H,20,26)(H2,21,22,23,24,25). The average Bonchev–Trinajstić information content (AvgIpc) is 3.09. The molecule has 28 heavy (non-hydrogen) atoms. The summed E-state index contributed by atoms with van der Waals surface area (Å²) in [4.78, 5) is 33.4. The molecule has 3 aromatic rings. The lowest BCUT2D eigenvalue weighted by atomic mass is 10.1. The van der Waals surface area contributed by atoms with E-state index in [0.29, 0.717) is 16.6 Å². The van der Waals surface area contributed by atoms with Crippen LogP contribution >= 0.6 is 11.3 Å². The van der Waals surface area contributed by atoms with Crippen molar-refractivity contribution in [1.29, 1.82) is 0 Å². The van der Waals surface area contributed by atoms with Crippen LogP contribution in [0.5, 0.6) is 5.75 Å². The molecule has 0 aliphatic carbocycles. The smallest absolute Gasteiger partial charge is 0.249 e. The molecule has 0 saturated carbocycles. The number of carbonyl (C=O) groups excluding carboxylic acids is 2. The van der Waals surface area contributed by atoms with E-state index < -0.39 is 6.04 Å². The second kappa shape index (κ2) is 7.65. The highest BCUT2D eigenvalue weighted by Gasteiger charge is 2.27. The normalized spacial score (nSPS) is 16.2. The minimum atomic E-state index is -0.836. The first-order chi connectivity index (χ1) is 13.6. The van der Waals surface area contributed by atoms with Gasteiger partial charge in [-0.3, -0.25) is 14.9 Å². The number of ether oxygens (including phenoxy) is 1. The van der Waals surface area contributed by atoms with Crippen molar-refractivity contribution >= 4 is 50.1 Å². The fourth-order valence-electron chi connectivity index (χ4n) is 2.76. The predicted octanol–water partition coefficient (Wildman–Crippen LogP) is 2.60. The number of guanidine groups is 1. The minimum Gasteiger partial charge on any atom is -0.497 e. The molecule has 2 aromatic carbocycles. The molecule has 0 fully saturated rings. The van der Waals surface area contributed by atoms with Crippen molar-refractivity contribution < 1.29 is 14.3 Å². The van der Waals surface area contributed by atoms with Gasteiger partial charge in [-0.25, -0.2) is 9.98 Å². The number of aromatic nitrogens is 1. The number of para-hydroxylation sites is 1. The zero-order chi connectivity index (χ0) is 19.5. The largest absolute Gasteiger partial charge is 0.497 e. The van der Waals surface area contributed by atoms with Gasteiger partial charge in [-0.05, 0) is 24.3 Å². The van der Waals surface area contributed by atoms with Gasteiger partial charge in [-0.15, -0.1) is 0 Å². The quantitative estimate of drug-likeness (QED) is 0.630. The number of carbonyl (C=O) groups is 2. The predicted molar refractivity (Wildman–Crippen MR) is 109 cm³/mol. The van der Waals surface area contributed by atoms with Crippen LogP contribution in [0.1, 0.15) is 6.42 Å². The van der Waals surface area contributed by atoms with Crippen LogP contribution < -0.4 is 20.7 Å². The first kappa shape index (κ1) is 17.9. The molecule has 0 radical (unpaired) electrons. The highest BCUT2D eigenvalue weighted by molar-refractivity contribution is 7.22. The second-order valence-corrected chi connectivity index (χ2v) is 7.11. The maximum Gasteiger partial charge on any atom is 0.249 e. The van der Waals surface area contributed by atoms with Crippen molar-refractivity contribution in [2.75, 3.05) is 17.7 Å². The lowest BCUT2D eigenvalue weighted by Gasteiger charge is -2.20. The molecule has 8 nitrogen and oxygen atoms in total. The van der Waals surface area contributed by atoms with Crippen molar-refractivity contribution in [2.45, 2.75) is 12.5 Å². The van der Waals surface area contributed by atoms with E-state index in [2.05, 4.69) is 25.9 Å². The number of amides is 2. The molecule has 4 rings (SSSR count). The Morgan fingerprint density at radius 3 is 2.93 bits per heavy atom.